The number of aromatic nitrogens is 2. The van der Waals surface area contributed by atoms with Crippen LogP contribution in [0.4, 0.5) is 4.79 Å². The van der Waals surface area contributed by atoms with E-state index >= 15 is 0 Å². The molecule has 2 aliphatic heterocycles. The summed E-state index contributed by atoms with van der Waals surface area (Å²) >= 11 is 0. The predicted octanol–water partition coefficient (Wildman–Crippen LogP) is 0.531. The lowest BCUT2D eigenvalue weighted by Crippen LogP contribution is -2.51. The van der Waals surface area contributed by atoms with Crippen molar-refractivity contribution in [1.29, 1.82) is 0 Å². The zero-order valence-corrected chi connectivity index (χ0v) is 12.0. The summed E-state index contributed by atoms with van der Waals surface area (Å²) in [7, 11) is 0. The Kier molecular flexibility index (Phi) is 4.08. The molecule has 1 aromatic rings. The van der Waals surface area contributed by atoms with Crippen LogP contribution in [0.3, 0.4) is 0 Å². The number of amides is 3. The zero-order chi connectivity index (χ0) is 14.7. The highest BCUT2D eigenvalue weighted by Crippen LogP contribution is 2.25. The molecule has 0 unspecified atom stereocenters. The molecule has 0 aromatic carbocycles. The molecule has 2 fully saturated rings. The molecule has 1 aromatic heterocycles. The number of hydrogen-bond donors (Lipinski definition) is 2. The van der Waals surface area contributed by atoms with Crippen LogP contribution in [-0.2, 0) is 4.79 Å². The Hall–Kier alpha value is -2.05. The zero-order valence-electron chi connectivity index (χ0n) is 12.0. The number of carbonyl (C=O) groups is 2. The molecule has 0 saturated carbocycles. The highest BCUT2D eigenvalue weighted by atomic mass is 16.2. The average Bonchev–Trinajstić information content (AvgIpc) is 3.04. The molecule has 3 heterocycles. The van der Waals surface area contributed by atoms with Crippen molar-refractivity contribution in [2.45, 2.75) is 25.2 Å². The van der Waals surface area contributed by atoms with Gasteiger partial charge in [-0.05, 0) is 25.3 Å². The minimum atomic E-state index is -0.128. The third-order valence-corrected chi connectivity index (χ3v) is 4.23. The van der Waals surface area contributed by atoms with Crippen LogP contribution in [0.25, 0.3) is 0 Å². The van der Waals surface area contributed by atoms with Gasteiger partial charge in [-0.15, -0.1) is 0 Å². The summed E-state index contributed by atoms with van der Waals surface area (Å²) in [5.41, 5.74) is 1.09. The van der Waals surface area contributed by atoms with Gasteiger partial charge in [0.05, 0.1) is 0 Å². The summed E-state index contributed by atoms with van der Waals surface area (Å²) in [6.07, 6.45) is 4.70. The van der Waals surface area contributed by atoms with Gasteiger partial charge in [-0.1, -0.05) is 0 Å². The van der Waals surface area contributed by atoms with E-state index in [1.54, 1.807) is 11.1 Å². The monoisotopic (exact) mass is 291 g/mol. The Morgan fingerprint density at radius 3 is 3.05 bits per heavy atom. The number of aromatic amines is 1. The number of urea groups is 1. The van der Waals surface area contributed by atoms with E-state index in [0.29, 0.717) is 25.6 Å². The summed E-state index contributed by atoms with van der Waals surface area (Å²) in [5, 5.41) is 9.75. The van der Waals surface area contributed by atoms with Crippen LogP contribution in [0, 0.1) is 0 Å². The minimum absolute atomic E-state index is 0.0382. The molecule has 7 nitrogen and oxygen atoms in total. The summed E-state index contributed by atoms with van der Waals surface area (Å²) in [6.45, 7) is 3.03. The van der Waals surface area contributed by atoms with Crippen LogP contribution >= 0.6 is 0 Å². The van der Waals surface area contributed by atoms with Gasteiger partial charge < -0.3 is 15.1 Å². The lowest BCUT2D eigenvalue weighted by atomic mass is 9.95. The van der Waals surface area contributed by atoms with Gasteiger partial charge in [-0.2, -0.15) is 5.10 Å². The normalized spacial score (nSPS) is 23.0. The number of nitrogens with zero attached hydrogens (tertiary/aromatic N) is 3. The standard InChI is InChI=1S/C14H21N5O2/c20-13(10-19-8-2-5-15-14(19)21)18-7-1-3-11(9-18)12-4-6-16-17-12/h4,6,11H,1-3,5,7-10H2,(H,15,21)(H,16,17)/t11-/m0/s1. The molecule has 2 aliphatic rings. The van der Waals surface area contributed by atoms with Gasteiger partial charge in [0.25, 0.3) is 0 Å². The molecule has 7 heteroatoms. The van der Waals surface area contributed by atoms with Crippen LogP contribution in [0.15, 0.2) is 12.3 Å². The second-order valence-corrected chi connectivity index (χ2v) is 5.70. The smallest absolute Gasteiger partial charge is 0.317 e. The van der Waals surface area contributed by atoms with Gasteiger partial charge >= 0.3 is 6.03 Å². The largest absolute Gasteiger partial charge is 0.340 e. The number of hydrogen-bond acceptors (Lipinski definition) is 3. The number of rotatable bonds is 3. The Bertz CT molecular complexity index is 501. The molecule has 2 saturated heterocycles. The number of likely N-dealkylation sites (tertiary alicyclic amines) is 1. The third-order valence-electron chi connectivity index (χ3n) is 4.23. The average molecular weight is 291 g/mol. The summed E-state index contributed by atoms with van der Waals surface area (Å²) in [4.78, 5) is 27.6. The number of H-pyrrole nitrogens is 1. The first-order valence-electron chi connectivity index (χ1n) is 7.54. The van der Waals surface area contributed by atoms with Crippen molar-refractivity contribution in [1.82, 2.24) is 25.3 Å². The molecule has 0 spiro atoms. The molecule has 21 heavy (non-hydrogen) atoms. The van der Waals surface area contributed by atoms with E-state index in [0.717, 1.165) is 31.5 Å². The van der Waals surface area contributed by atoms with E-state index in [-0.39, 0.29) is 18.5 Å². The quantitative estimate of drug-likeness (QED) is 0.852. The summed E-state index contributed by atoms with van der Waals surface area (Å²) in [6, 6.07) is 1.84. The molecule has 2 N–H and O–H groups in total. The van der Waals surface area contributed by atoms with Crippen molar-refractivity contribution >= 4 is 11.9 Å². The first kappa shape index (κ1) is 13.9. The SMILES string of the molecule is O=C(CN1CCCNC1=O)N1CCC[C@H](c2ccn[nH]2)C1. The topological polar surface area (TPSA) is 81.3 Å². The van der Waals surface area contributed by atoms with Crippen LogP contribution in [-0.4, -0.2) is 64.7 Å². The van der Waals surface area contributed by atoms with Crippen molar-refractivity contribution in [3.63, 3.8) is 0 Å². The fraction of sp³-hybridized carbons (Fsp3) is 0.643. The molecule has 0 radical (unpaired) electrons. The Morgan fingerprint density at radius 1 is 1.38 bits per heavy atom. The van der Waals surface area contributed by atoms with Crippen molar-refractivity contribution < 1.29 is 9.59 Å². The highest BCUT2D eigenvalue weighted by molar-refractivity contribution is 5.84. The first-order valence-corrected chi connectivity index (χ1v) is 7.54. The Morgan fingerprint density at radius 2 is 2.29 bits per heavy atom. The maximum absolute atomic E-state index is 12.4. The molecule has 0 aliphatic carbocycles. The van der Waals surface area contributed by atoms with Crippen molar-refractivity contribution in [2.24, 2.45) is 0 Å². The van der Waals surface area contributed by atoms with E-state index < -0.39 is 0 Å². The van der Waals surface area contributed by atoms with Crippen molar-refractivity contribution in [3.05, 3.63) is 18.0 Å². The van der Waals surface area contributed by atoms with E-state index in [1.165, 1.54) is 0 Å². The Labute approximate surface area is 123 Å². The van der Waals surface area contributed by atoms with Crippen LogP contribution in [0.2, 0.25) is 0 Å². The Balaban J connectivity index is 1.58. The molecular formula is C14H21N5O2. The maximum Gasteiger partial charge on any atom is 0.317 e. The molecule has 0 bridgehead atoms. The lowest BCUT2D eigenvalue weighted by molar-refractivity contribution is -0.133. The predicted molar refractivity (Wildman–Crippen MR) is 76.7 cm³/mol. The van der Waals surface area contributed by atoms with Gasteiger partial charge in [-0.25, -0.2) is 4.79 Å². The number of nitrogens with one attached hydrogen (secondary N) is 2. The molecule has 3 rings (SSSR count). The van der Waals surface area contributed by atoms with Gasteiger partial charge in [0.15, 0.2) is 0 Å². The molecule has 114 valence electrons. The van der Waals surface area contributed by atoms with E-state index in [4.69, 9.17) is 0 Å². The van der Waals surface area contributed by atoms with Gasteiger partial charge in [0, 0.05) is 44.0 Å². The second-order valence-electron chi connectivity index (χ2n) is 5.70. The maximum atomic E-state index is 12.4. The van der Waals surface area contributed by atoms with Crippen LogP contribution in [0.1, 0.15) is 30.9 Å². The highest BCUT2D eigenvalue weighted by Gasteiger charge is 2.28. The van der Waals surface area contributed by atoms with Crippen molar-refractivity contribution in [2.75, 3.05) is 32.7 Å². The number of carbonyl (C=O) groups excluding carboxylic acids is 2. The van der Waals surface area contributed by atoms with Crippen LogP contribution in [0.5, 0.6) is 0 Å². The number of piperidine rings is 1. The van der Waals surface area contributed by atoms with Crippen LogP contribution < -0.4 is 5.32 Å². The molecular weight excluding hydrogens is 270 g/mol. The first-order chi connectivity index (χ1) is 10.2. The second kappa shape index (κ2) is 6.15. The molecule has 1 atom stereocenters. The molecule has 3 amide bonds. The van der Waals surface area contributed by atoms with Gasteiger partial charge in [0.1, 0.15) is 6.54 Å². The fourth-order valence-corrected chi connectivity index (χ4v) is 3.04. The fourth-order valence-electron chi connectivity index (χ4n) is 3.04. The lowest BCUT2D eigenvalue weighted by Gasteiger charge is -2.34. The van der Waals surface area contributed by atoms with E-state index in [2.05, 4.69) is 15.5 Å². The third kappa shape index (κ3) is 3.17. The minimum Gasteiger partial charge on any atom is -0.340 e. The van der Waals surface area contributed by atoms with E-state index in [1.807, 2.05) is 11.0 Å². The van der Waals surface area contributed by atoms with Gasteiger partial charge in [-0.3, -0.25) is 9.89 Å². The summed E-state index contributed by atoms with van der Waals surface area (Å²) < 4.78 is 0. The van der Waals surface area contributed by atoms with E-state index in [9.17, 15) is 9.59 Å². The van der Waals surface area contributed by atoms with Gasteiger partial charge in [0.2, 0.25) is 5.91 Å². The van der Waals surface area contributed by atoms with Crippen molar-refractivity contribution in [3.8, 4) is 0 Å². The summed E-state index contributed by atoms with van der Waals surface area (Å²) in [5.74, 6) is 0.358.